The molecule has 0 bridgehead atoms. The topological polar surface area (TPSA) is 63.2 Å². The highest BCUT2D eigenvalue weighted by Gasteiger charge is 2.42. The summed E-state index contributed by atoms with van der Waals surface area (Å²) in [6, 6.07) is 31.0. The molecule has 0 amide bonds. The minimum Gasteiger partial charge on any atom is -0.338 e. The van der Waals surface area contributed by atoms with Crippen LogP contribution in [0.15, 0.2) is 97.2 Å². The van der Waals surface area contributed by atoms with Crippen LogP contribution in [0.4, 0.5) is 11.5 Å². The van der Waals surface area contributed by atoms with Crippen LogP contribution in [0.3, 0.4) is 0 Å². The maximum Gasteiger partial charge on any atom is 0.260 e. The molecule has 0 saturated carbocycles. The van der Waals surface area contributed by atoms with Crippen LogP contribution in [0.5, 0.6) is 0 Å². The van der Waals surface area contributed by atoms with Gasteiger partial charge in [-0.3, -0.25) is 9.47 Å². The number of benzene rings is 3. The number of nitrogens with one attached hydrogen (secondary N) is 1. The Morgan fingerprint density at radius 3 is 2.36 bits per heavy atom. The lowest BCUT2D eigenvalue weighted by Crippen LogP contribution is -2.40. The number of pyridine rings is 1. The molecule has 0 unspecified atom stereocenters. The molecule has 4 heterocycles. The Morgan fingerprint density at radius 1 is 0.821 bits per heavy atom. The summed E-state index contributed by atoms with van der Waals surface area (Å²) in [5, 5.41) is 12.7. The molecule has 39 heavy (non-hydrogen) atoms. The summed E-state index contributed by atoms with van der Waals surface area (Å²) in [6.07, 6.45) is 3.50. The van der Waals surface area contributed by atoms with Crippen molar-refractivity contribution in [3.63, 3.8) is 0 Å². The van der Waals surface area contributed by atoms with Crippen LogP contribution in [0, 0.1) is 6.57 Å². The molecule has 2 aliphatic rings. The molecule has 0 aliphatic carbocycles. The standard InChI is InChI=1S/C32H27N7/c1-33-32(25-8-3-2-4-9-25)17-20-38(21-18-32)22-23-13-15-24(16-14-23)30-36-37-31-26-10-5-6-11-27(26)35-29-28(39(30)31)12-7-19-34-29/h2-16,19H,17-18,20-22H2,(H,34,35). The Bertz CT molecular complexity index is 1670. The van der Waals surface area contributed by atoms with Crippen LogP contribution in [0.25, 0.3) is 33.3 Å². The third kappa shape index (κ3) is 4.06. The number of aromatic nitrogens is 4. The van der Waals surface area contributed by atoms with E-state index < -0.39 is 5.54 Å². The maximum atomic E-state index is 7.91. The number of fused-ring (bicyclic) bond motifs is 5. The van der Waals surface area contributed by atoms with Crippen molar-refractivity contribution in [3.05, 3.63) is 120 Å². The van der Waals surface area contributed by atoms with Crippen LogP contribution in [-0.4, -0.2) is 37.7 Å². The third-order valence-corrected chi connectivity index (χ3v) is 7.94. The van der Waals surface area contributed by atoms with Gasteiger partial charge in [0.2, 0.25) is 0 Å². The van der Waals surface area contributed by atoms with Crippen molar-refractivity contribution < 1.29 is 0 Å². The number of para-hydroxylation sites is 1. The van der Waals surface area contributed by atoms with Gasteiger partial charge in [-0.05, 0) is 29.8 Å². The molecule has 190 valence electrons. The van der Waals surface area contributed by atoms with E-state index in [9.17, 15) is 0 Å². The largest absolute Gasteiger partial charge is 0.338 e. The van der Waals surface area contributed by atoms with Gasteiger partial charge in [-0.15, -0.1) is 10.2 Å². The summed E-state index contributed by atoms with van der Waals surface area (Å²) in [4.78, 5) is 11.2. The molecule has 1 saturated heterocycles. The van der Waals surface area contributed by atoms with E-state index in [0.29, 0.717) is 0 Å². The molecule has 7 heteroatoms. The van der Waals surface area contributed by atoms with Crippen molar-refractivity contribution in [2.24, 2.45) is 0 Å². The van der Waals surface area contributed by atoms with E-state index in [-0.39, 0.29) is 0 Å². The first kappa shape index (κ1) is 23.3. The lowest BCUT2D eigenvalue weighted by Gasteiger charge is -2.34. The quantitative estimate of drug-likeness (QED) is 0.276. The second-order valence-corrected chi connectivity index (χ2v) is 10.2. The Kier molecular flexibility index (Phi) is 5.68. The molecule has 0 radical (unpaired) electrons. The normalized spacial score (nSPS) is 15.7. The third-order valence-electron chi connectivity index (χ3n) is 7.94. The summed E-state index contributed by atoms with van der Waals surface area (Å²) in [5.74, 6) is 2.35. The van der Waals surface area contributed by atoms with Crippen LogP contribution in [-0.2, 0) is 12.1 Å². The fourth-order valence-corrected chi connectivity index (χ4v) is 5.77. The first-order chi connectivity index (χ1) is 19.2. The highest BCUT2D eigenvalue weighted by atomic mass is 15.3. The van der Waals surface area contributed by atoms with Crippen molar-refractivity contribution in [2.45, 2.75) is 24.9 Å². The molecule has 1 fully saturated rings. The zero-order chi connectivity index (χ0) is 26.2. The Balaban J connectivity index is 1.14. The second-order valence-electron chi connectivity index (χ2n) is 10.2. The Morgan fingerprint density at radius 2 is 1.56 bits per heavy atom. The monoisotopic (exact) mass is 509 g/mol. The summed E-state index contributed by atoms with van der Waals surface area (Å²) in [7, 11) is 0. The minimum absolute atomic E-state index is 0.397. The van der Waals surface area contributed by atoms with Crippen molar-refractivity contribution in [1.82, 2.24) is 24.6 Å². The molecule has 7 nitrogen and oxygen atoms in total. The fourth-order valence-electron chi connectivity index (χ4n) is 5.77. The van der Waals surface area contributed by atoms with Gasteiger partial charge in [0.15, 0.2) is 17.5 Å². The fraction of sp³-hybridized carbons (Fsp3) is 0.188. The minimum atomic E-state index is -0.397. The molecular formula is C32H27N7. The van der Waals surface area contributed by atoms with E-state index in [0.717, 1.165) is 78.0 Å². The highest BCUT2D eigenvalue weighted by Crippen LogP contribution is 2.40. The molecule has 1 N–H and O–H groups in total. The average Bonchev–Trinajstić information content (AvgIpc) is 3.38. The predicted octanol–water partition coefficient (Wildman–Crippen LogP) is 6.46. The maximum absolute atomic E-state index is 7.91. The van der Waals surface area contributed by atoms with Gasteiger partial charge in [0.1, 0.15) is 0 Å². The van der Waals surface area contributed by atoms with E-state index >= 15 is 0 Å². The van der Waals surface area contributed by atoms with Crippen LogP contribution in [0.1, 0.15) is 24.0 Å². The van der Waals surface area contributed by atoms with Crippen molar-refractivity contribution >= 4 is 11.5 Å². The summed E-state index contributed by atoms with van der Waals surface area (Å²) >= 11 is 0. The molecular weight excluding hydrogens is 482 g/mol. The molecule has 0 atom stereocenters. The van der Waals surface area contributed by atoms with E-state index in [1.54, 1.807) is 6.20 Å². The van der Waals surface area contributed by atoms with Gasteiger partial charge < -0.3 is 10.2 Å². The Labute approximate surface area is 227 Å². The van der Waals surface area contributed by atoms with Crippen molar-refractivity contribution in [3.8, 4) is 28.5 Å². The number of anilines is 2. The number of likely N-dealkylation sites (tertiary alicyclic amines) is 1. The SMILES string of the molecule is [C-]#[N+]C1(c2ccccc2)CCN(Cc2ccc(-c3nnc4n3-c3cccnc3Nc3ccccc3-4)cc2)CC1. The van der Waals surface area contributed by atoms with Gasteiger partial charge in [0.25, 0.3) is 5.54 Å². The number of rotatable bonds is 4. The van der Waals surface area contributed by atoms with E-state index in [2.05, 4.69) is 77.3 Å². The van der Waals surface area contributed by atoms with Crippen LogP contribution < -0.4 is 5.32 Å². The Hall–Kier alpha value is -4.80. The number of hydrogen-bond donors (Lipinski definition) is 1. The summed E-state index contributed by atoms with van der Waals surface area (Å²) in [5.41, 5.74) is 5.86. The first-order valence-corrected chi connectivity index (χ1v) is 13.3. The molecule has 2 aliphatic heterocycles. The highest BCUT2D eigenvalue weighted by molar-refractivity contribution is 5.84. The first-order valence-electron chi connectivity index (χ1n) is 13.3. The average molecular weight is 510 g/mol. The zero-order valence-electron chi connectivity index (χ0n) is 21.5. The van der Waals surface area contributed by atoms with Gasteiger partial charge in [-0.1, -0.05) is 66.7 Å². The molecule has 3 aromatic carbocycles. The number of piperidine rings is 1. The van der Waals surface area contributed by atoms with Gasteiger partial charge in [-0.25, -0.2) is 11.6 Å². The lowest BCUT2D eigenvalue weighted by molar-refractivity contribution is 0.175. The van der Waals surface area contributed by atoms with E-state index in [1.807, 2.05) is 48.5 Å². The molecule has 7 rings (SSSR count). The van der Waals surface area contributed by atoms with Gasteiger partial charge in [-0.2, -0.15) is 0 Å². The zero-order valence-corrected chi connectivity index (χ0v) is 21.5. The second kappa shape index (κ2) is 9.50. The van der Waals surface area contributed by atoms with Gasteiger partial charge >= 0.3 is 0 Å². The van der Waals surface area contributed by atoms with Crippen LogP contribution >= 0.6 is 0 Å². The smallest absolute Gasteiger partial charge is 0.260 e. The number of hydrogen-bond acceptors (Lipinski definition) is 5. The summed E-state index contributed by atoms with van der Waals surface area (Å²) in [6.45, 7) is 10.6. The number of nitrogens with zero attached hydrogens (tertiary/aromatic N) is 6. The molecule has 0 spiro atoms. The van der Waals surface area contributed by atoms with Crippen LogP contribution in [0.2, 0.25) is 0 Å². The lowest BCUT2D eigenvalue weighted by atomic mass is 9.81. The van der Waals surface area contributed by atoms with E-state index in [4.69, 9.17) is 6.57 Å². The molecule has 2 aromatic heterocycles. The predicted molar refractivity (Wildman–Crippen MR) is 153 cm³/mol. The van der Waals surface area contributed by atoms with E-state index in [1.165, 1.54) is 5.56 Å². The van der Waals surface area contributed by atoms with Crippen molar-refractivity contribution in [1.29, 1.82) is 0 Å². The van der Waals surface area contributed by atoms with Gasteiger partial charge in [0, 0.05) is 55.4 Å². The van der Waals surface area contributed by atoms with Crippen molar-refractivity contribution in [2.75, 3.05) is 18.4 Å². The van der Waals surface area contributed by atoms with Gasteiger partial charge in [0.05, 0.1) is 11.4 Å². The summed E-state index contributed by atoms with van der Waals surface area (Å²) < 4.78 is 2.09. The molecule has 5 aromatic rings.